The lowest BCUT2D eigenvalue weighted by atomic mass is 10.0. The first-order valence-electron chi connectivity index (χ1n) is 34.4. The molecule has 482 valence electrons. The fourth-order valence-electron chi connectivity index (χ4n) is 9.36. The average molecular weight is 1190 g/mol. The Bertz CT molecular complexity index is 1850. The minimum Gasteiger partial charge on any atom is -0.456 e. The van der Waals surface area contributed by atoms with Gasteiger partial charge in [0.25, 0.3) is 0 Å². The molecule has 0 aliphatic rings. The number of nitrogens with one attached hydrogen (secondary N) is 1. The minimum absolute atomic E-state index is 0.0255. The first-order chi connectivity index (χ1) is 40.9. The van der Waals surface area contributed by atoms with Crippen LogP contribution in [0.25, 0.3) is 0 Å². The average Bonchev–Trinajstić information content (AvgIpc) is 3.64. The van der Waals surface area contributed by atoms with Crippen molar-refractivity contribution in [2.75, 3.05) is 40.9 Å². The third-order valence-corrected chi connectivity index (χ3v) is 15.6. The molecule has 0 aromatic rings. The third-order valence-electron chi connectivity index (χ3n) is 14.6. The molecule has 9 nitrogen and oxygen atoms in total. The van der Waals surface area contributed by atoms with E-state index in [0.717, 1.165) is 103 Å². The molecule has 0 spiro atoms. The zero-order valence-corrected chi connectivity index (χ0v) is 56.0. The highest BCUT2D eigenvalue weighted by Gasteiger charge is 2.30. The van der Waals surface area contributed by atoms with E-state index in [4.69, 9.17) is 13.8 Å². The number of allylic oxidation sites excluding steroid dienone is 19. The molecule has 3 unspecified atom stereocenters. The molecule has 0 aromatic heterocycles. The third kappa shape index (κ3) is 62.9. The van der Waals surface area contributed by atoms with Gasteiger partial charge in [-0.05, 0) is 122 Å². The van der Waals surface area contributed by atoms with Crippen LogP contribution in [0.5, 0.6) is 0 Å². The second-order valence-corrected chi connectivity index (χ2v) is 25.4. The molecule has 84 heavy (non-hydrogen) atoms. The highest BCUT2D eigenvalue weighted by atomic mass is 31.2. The first kappa shape index (κ1) is 80.4. The summed E-state index contributed by atoms with van der Waals surface area (Å²) in [5, 5.41) is 3.04. The van der Waals surface area contributed by atoms with Gasteiger partial charge < -0.3 is 19.4 Å². The van der Waals surface area contributed by atoms with Gasteiger partial charge in [-0.2, -0.15) is 0 Å². The Kier molecular flexibility index (Phi) is 59.8. The number of unbranched alkanes of at least 4 members (excludes halogenated alkanes) is 27. The predicted octanol–water partition coefficient (Wildman–Crippen LogP) is 21.8. The van der Waals surface area contributed by atoms with E-state index in [9.17, 15) is 19.0 Å². The summed E-state index contributed by atoms with van der Waals surface area (Å²) >= 11 is 0. The molecule has 0 aromatic carbocycles. The number of carbonyl (C=O) groups excluding carboxylic acids is 2. The van der Waals surface area contributed by atoms with Crippen molar-refractivity contribution in [3.8, 4) is 0 Å². The number of rotatable bonds is 61. The summed E-state index contributed by atoms with van der Waals surface area (Å²) in [6, 6.07) is -0.881. The molecule has 3 atom stereocenters. The maximum atomic E-state index is 13.6. The molecule has 0 rings (SSSR count). The number of quaternary nitrogens is 1. The Morgan fingerprint density at radius 1 is 0.429 bits per heavy atom. The highest BCUT2D eigenvalue weighted by molar-refractivity contribution is 7.47. The molecule has 1 amide bonds. The number of nitrogens with zero attached hydrogens (tertiary/aromatic N) is 1. The standard InChI is InChI=1S/C74H129N2O7P/c1-7-10-13-16-19-22-25-28-30-32-34-36-37-38-39-41-43-45-47-49-52-55-58-61-64-67-74(78)83-72(65-62-59-56-53-50-27-24-21-18-15-12-9-3)71(70-82-84(79,80)81-69-68-76(4,5)6)75-73(77)66-63-60-57-54-51-48-46-44-42-40-35-33-31-29-26-23-20-17-14-11-8-2/h11,14,19-20,22-23,28-31,34-36,40,44,46,51,54,62,65,71-72H,7-10,12-13,15-18,21,24-27,32-33,37-39,41-43,45,47-50,52-53,55-61,63-64,66-70H2,1-6H3,(H-,75,77,79,80)/p+1/b14-11-,22-19-,23-20-,30-28-,31-29-,36-34-,40-35-,46-44-,54-51-,65-62+. The van der Waals surface area contributed by atoms with E-state index in [1.54, 1.807) is 0 Å². The van der Waals surface area contributed by atoms with Crippen LogP contribution < -0.4 is 5.32 Å². The lowest BCUT2D eigenvalue weighted by Gasteiger charge is -2.27. The van der Waals surface area contributed by atoms with E-state index in [-0.39, 0.29) is 37.9 Å². The van der Waals surface area contributed by atoms with Gasteiger partial charge in [-0.25, -0.2) is 4.57 Å². The molecule has 0 bridgehead atoms. The Morgan fingerprint density at radius 3 is 1.18 bits per heavy atom. The Morgan fingerprint density at radius 2 is 0.762 bits per heavy atom. The second-order valence-electron chi connectivity index (χ2n) is 24.0. The Labute approximate surface area is 518 Å². The zero-order chi connectivity index (χ0) is 61.4. The summed E-state index contributed by atoms with van der Waals surface area (Å²) in [6.07, 6.45) is 87.8. The topological polar surface area (TPSA) is 111 Å². The molecule has 10 heteroatoms. The molecule has 2 N–H and O–H groups in total. The van der Waals surface area contributed by atoms with Crippen LogP contribution in [0.15, 0.2) is 122 Å². The van der Waals surface area contributed by atoms with E-state index in [2.05, 4.69) is 135 Å². The van der Waals surface area contributed by atoms with E-state index in [1.165, 1.54) is 141 Å². The minimum atomic E-state index is -4.47. The molecule has 0 saturated heterocycles. The van der Waals surface area contributed by atoms with Crippen molar-refractivity contribution in [1.29, 1.82) is 0 Å². The lowest BCUT2D eigenvalue weighted by molar-refractivity contribution is -0.870. The van der Waals surface area contributed by atoms with Crippen LogP contribution in [0, 0.1) is 0 Å². The SMILES string of the molecule is CC/C=C\C/C=C\C/C=C\C/C=C\C/C=C\C/C=C\CCCCC(=O)NC(COP(=O)(O)OCC[N+](C)(C)C)C(/C=C/CCCCCCCCCCCC)OC(=O)CCCCCCCCCCCCCC/C=C\C/C=C\C/C=C\CCCCC. The van der Waals surface area contributed by atoms with E-state index >= 15 is 0 Å². The fraction of sp³-hybridized carbons (Fsp3) is 0.703. The van der Waals surface area contributed by atoms with Crippen molar-refractivity contribution in [1.82, 2.24) is 5.32 Å². The van der Waals surface area contributed by atoms with Crippen molar-refractivity contribution in [3.05, 3.63) is 122 Å². The number of hydrogen-bond acceptors (Lipinski definition) is 6. The van der Waals surface area contributed by atoms with Gasteiger partial charge in [0, 0.05) is 12.8 Å². The lowest BCUT2D eigenvalue weighted by Crippen LogP contribution is -2.47. The quantitative estimate of drug-likeness (QED) is 0.0205. The summed E-state index contributed by atoms with van der Waals surface area (Å²) in [5.41, 5.74) is 0. The zero-order valence-electron chi connectivity index (χ0n) is 55.1. The molecule has 0 heterocycles. The maximum absolute atomic E-state index is 13.6. The number of esters is 1. The number of likely N-dealkylation sites (N-methyl/N-ethyl adjacent to an activating group) is 1. The van der Waals surface area contributed by atoms with Crippen LogP contribution in [-0.4, -0.2) is 74.3 Å². The van der Waals surface area contributed by atoms with Gasteiger partial charge in [0.05, 0.1) is 33.8 Å². The molecule has 0 aliphatic heterocycles. The van der Waals surface area contributed by atoms with Crippen LogP contribution in [0.3, 0.4) is 0 Å². The van der Waals surface area contributed by atoms with Crippen LogP contribution in [0.2, 0.25) is 0 Å². The summed E-state index contributed by atoms with van der Waals surface area (Å²) in [6.45, 7) is 6.84. The summed E-state index contributed by atoms with van der Waals surface area (Å²) < 4.78 is 30.8. The van der Waals surface area contributed by atoms with Gasteiger partial charge in [-0.3, -0.25) is 18.6 Å². The molecular formula is C74H130N2O7P+. The van der Waals surface area contributed by atoms with E-state index < -0.39 is 20.0 Å². The highest BCUT2D eigenvalue weighted by Crippen LogP contribution is 2.43. The smallest absolute Gasteiger partial charge is 0.456 e. The molecule has 0 radical (unpaired) electrons. The number of phosphoric acid groups is 1. The van der Waals surface area contributed by atoms with Gasteiger partial charge in [0.15, 0.2) is 0 Å². The number of hydrogen-bond donors (Lipinski definition) is 2. The van der Waals surface area contributed by atoms with Crippen LogP contribution in [0.4, 0.5) is 0 Å². The monoisotopic (exact) mass is 1190 g/mol. The molecule has 0 saturated carbocycles. The summed E-state index contributed by atoms with van der Waals surface area (Å²) in [4.78, 5) is 37.8. The maximum Gasteiger partial charge on any atom is 0.472 e. The van der Waals surface area contributed by atoms with Crippen molar-refractivity contribution < 1.29 is 37.3 Å². The number of amides is 1. The van der Waals surface area contributed by atoms with Gasteiger partial charge in [-0.15, -0.1) is 0 Å². The summed E-state index contributed by atoms with van der Waals surface area (Å²) in [7, 11) is 1.45. The largest absolute Gasteiger partial charge is 0.472 e. The second kappa shape index (κ2) is 62.5. The predicted molar refractivity (Wildman–Crippen MR) is 364 cm³/mol. The van der Waals surface area contributed by atoms with Crippen LogP contribution in [0.1, 0.15) is 284 Å². The number of carbonyl (C=O) groups is 2. The van der Waals surface area contributed by atoms with Crippen molar-refractivity contribution >= 4 is 19.7 Å². The Balaban J connectivity index is 5.19. The molecular weight excluding hydrogens is 1060 g/mol. The van der Waals surface area contributed by atoms with E-state index in [1.807, 2.05) is 33.3 Å². The number of phosphoric ester groups is 1. The fourth-order valence-corrected chi connectivity index (χ4v) is 10.1. The molecule has 0 fully saturated rings. The first-order valence-corrected chi connectivity index (χ1v) is 35.9. The van der Waals surface area contributed by atoms with E-state index in [0.29, 0.717) is 17.4 Å². The summed E-state index contributed by atoms with van der Waals surface area (Å²) in [5.74, 6) is -0.561. The van der Waals surface area contributed by atoms with Crippen LogP contribution in [-0.2, 0) is 27.9 Å². The molecule has 0 aliphatic carbocycles. The normalized spacial score (nSPS) is 14.3. The van der Waals surface area contributed by atoms with Gasteiger partial charge in [0.2, 0.25) is 5.91 Å². The van der Waals surface area contributed by atoms with Crippen molar-refractivity contribution in [2.24, 2.45) is 0 Å². The van der Waals surface area contributed by atoms with Crippen molar-refractivity contribution in [2.45, 2.75) is 296 Å². The van der Waals surface area contributed by atoms with Gasteiger partial charge >= 0.3 is 13.8 Å². The van der Waals surface area contributed by atoms with Crippen LogP contribution >= 0.6 is 7.82 Å². The number of ether oxygens (including phenoxy) is 1. The van der Waals surface area contributed by atoms with Crippen molar-refractivity contribution in [3.63, 3.8) is 0 Å². The Hall–Kier alpha value is -3.59. The van der Waals surface area contributed by atoms with Gasteiger partial charge in [-0.1, -0.05) is 271 Å². The van der Waals surface area contributed by atoms with Gasteiger partial charge in [0.1, 0.15) is 19.3 Å².